The number of ether oxygens (including phenoxy) is 1. The van der Waals surface area contributed by atoms with Gasteiger partial charge < -0.3 is 20.4 Å². The summed E-state index contributed by atoms with van der Waals surface area (Å²) < 4.78 is 4.66. The van der Waals surface area contributed by atoms with Crippen molar-refractivity contribution in [1.82, 2.24) is 14.9 Å². The van der Waals surface area contributed by atoms with Crippen LogP contribution in [0.2, 0.25) is 0 Å². The van der Waals surface area contributed by atoms with E-state index in [2.05, 4.69) is 27.2 Å². The van der Waals surface area contributed by atoms with Gasteiger partial charge in [-0.1, -0.05) is 48.5 Å². The molecular weight excluding hydrogens is 502 g/mol. The number of nitrogens with two attached hydrogens (primary N) is 1. The maximum absolute atomic E-state index is 14.1. The Kier molecular flexibility index (Phi) is 7.09. The lowest BCUT2D eigenvalue weighted by molar-refractivity contribution is 0.0647. The molecule has 1 aliphatic heterocycles. The molecule has 40 heavy (non-hydrogen) atoms. The lowest BCUT2D eigenvalue weighted by Crippen LogP contribution is -2.42. The van der Waals surface area contributed by atoms with Crippen molar-refractivity contribution in [2.75, 3.05) is 19.0 Å². The quantitative estimate of drug-likeness (QED) is 0.273. The third-order valence-electron chi connectivity index (χ3n) is 7.93. The third-order valence-corrected chi connectivity index (χ3v) is 7.93. The molecule has 8 heteroatoms. The first-order chi connectivity index (χ1) is 19.6. The molecule has 0 bridgehead atoms. The molecule has 3 aromatic carbocycles. The van der Waals surface area contributed by atoms with E-state index in [1.165, 1.54) is 36.6 Å². The molecule has 4 aromatic rings. The minimum atomic E-state index is -0.517. The van der Waals surface area contributed by atoms with Crippen LogP contribution in [0.25, 0.3) is 11.3 Å². The minimum absolute atomic E-state index is 0.0452. The number of benzene rings is 3. The second-order valence-corrected chi connectivity index (χ2v) is 10.5. The summed E-state index contributed by atoms with van der Waals surface area (Å²) in [5, 5.41) is 2.66. The fraction of sp³-hybridized carbons (Fsp3) is 0.281. The van der Waals surface area contributed by atoms with Crippen molar-refractivity contribution in [3.8, 4) is 11.3 Å². The molecular formula is C32H33N5O3. The topological polar surface area (TPSA) is 113 Å². The van der Waals surface area contributed by atoms with Crippen LogP contribution in [-0.4, -0.2) is 40.5 Å². The van der Waals surface area contributed by atoms with Crippen molar-refractivity contribution in [2.45, 2.75) is 44.2 Å². The number of carbonyl (C=O) groups is 2. The molecule has 2 heterocycles. The summed E-state index contributed by atoms with van der Waals surface area (Å²) in [5.41, 5.74) is 14.1. The molecule has 0 spiro atoms. The van der Waals surface area contributed by atoms with Crippen LogP contribution in [0.4, 0.5) is 10.5 Å². The largest absolute Gasteiger partial charge is 0.453 e. The first kappa shape index (κ1) is 25.8. The molecule has 8 nitrogen and oxygen atoms in total. The number of hydrogen-bond acceptors (Lipinski definition) is 5. The molecule has 204 valence electrons. The highest BCUT2D eigenvalue weighted by molar-refractivity contribution is 5.97. The SMILES string of the molecule is COC(=O)Nc1ccc(-c2cnc(C(Cc3ccccc3)N3CCc4c(ccc(CN)c4C4CC4)C3=O)[nH]2)cc1. The number of amides is 2. The highest BCUT2D eigenvalue weighted by atomic mass is 16.5. The number of rotatable bonds is 8. The fourth-order valence-corrected chi connectivity index (χ4v) is 5.77. The van der Waals surface area contributed by atoms with Gasteiger partial charge in [0.2, 0.25) is 0 Å². The maximum atomic E-state index is 14.1. The van der Waals surface area contributed by atoms with Crippen LogP contribution in [-0.2, 0) is 24.1 Å². The molecule has 4 N–H and O–H groups in total. The van der Waals surface area contributed by atoms with Crippen molar-refractivity contribution in [3.63, 3.8) is 0 Å². The van der Waals surface area contributed by atoms with Crippen LogP contribution in [0.1, 0.15) is 63.2 Å². The lowest BCUT2D eigenvalue weighted by atomic mass is 9.87. The van der Waals surface area contributed by atoms with Gasteiger partial charge in [0.25, 0.3) is 5.91 Å². The summed E-state index contributed by atoms with van der Waals surface area (Å²) in [7, 11) is 1.33. The third kappa shape index (κ3) is 5.10. The van der Waals surface area contributed by atoms with Crippen LogP contribution >= 0.6 is 0 Å². The van der Waals surface area contributed by atoms with Crippen LogP contribution in [0.3, 0.4) is 0 Å². The van der Waals surface area contributed by atoms with E-state index in [1.807, 2.05) is 59.5 Å². The highest BCUT2D eigenvalue weighted by Crippen LogP contribution is 2.45. The number of imidazole rings is 1. The summed E-state index contributed by atoms with van der Waals surface area (Å²) in [6, 6.07) is 21.4. The number of aromatic nitrogens is 2. The smallest absolute Gasteiger partial charge is 0.411 e. The van der Waals surface area contributed by atoms with E-state index in [9.17, 15) is 9.59 Å². The van der Waals surface area contributed by atoms with E-state index in [0.717, 1.165) is 34.6 Å². The number of aromatic amines is 1. The van der Waals surface area contributed by atoms with Gasteiger partial charge in [-0.25, -0.2) is 9.78 Å². The zero-order chi connectivity index (χ0) is 27.6. The lowest BCUT2D eigenvalue weighted by Gasteiger charge is -2.36. The van der Waals surface area contributed by atoms with E-state index >= 15 is 0 Å². The van der Waals surface area contributed by atoms with Gasteiger partial charge in [-0.2, -0.15) is 0 Å². The van der Waals surface area contributed by atoms with Crippen molar-refractivity contribution >= 4 is 17.7 Å². The predicted molar refractivity (Wildman–Crippen MR) is 154 cm³/mol. The molecule has 1 atom stereocenters. The highest BCUT2D eigenvalue weighted by Gasteiger charge is 2.37. The minimum Gasteiger partial charge on any atom is -0.453 e. The number of fused-ring (bicyclic) bond motifs is 1. The average molecular weight is 536 g/mol. The van der Waals surface area contributed by atoms with Crippen LogP contribution in [0.15, 0.2) is 72.9 Å². The monoisotopic (exact) mass is 535 g/mol. The summed E-state index contributed by atoms with van der Waals surface area (Å²) in [4.78, 5) is 35.8. The molecule has 1 aliphatic carbocycles. The number of hydrogen-bond donors (Lipinski definition) is 3. The second kappa shape index (κ2) is 11.0. The van der Waals surface area contributed by atoms with Gasteiger partial charge in [0, 0.05) is 30.8 Å². The van der Waals surface area contributed by atoms with Gasteiger partial charge in [0.1, 0.15) is 5.82 Å². The molecule has 6 rings (SSSR count). The first-order valence-electron chi connectivity index (χ1n) is 13.8. The normalized spacial score (nSPS) is 15.4. The fourth-order valence-electron chi connectivity index (χ4n) is 5.77. The van der Waals surface area contributed by atoms with E-state index in [1.54, 1.807) is 6.20 Å². The number of anilines is 1. The molecule has 1 unspecified atom stereocenters. The summed E-state index contributed by atoms with van der Waals surface area (Å²) in [5.74, 6) is 1.33. The number of nitrogens with one attached hydrogen (secondary N) is 2. The predicted octanol–water partition coefficient (Wildman–Crippen LogP) is 5.57. The van der Waals surface area contributed by atoms with Crippen molar-refractivity contribution in [1.29, 1.82) is 0 Å². The summed E-state index contributed by atoms with van der Waals surface area (Å²) in [6.45, 7) is 1.13. The summed E-state index contributed by atoms with van der Waals surface area (Å²) in [6.07, 6.45) is 5.09. The Morgan fingerprint density at radius 3 is 2.60 bits per heavy atom. The number of H-pyrrole nitrogens is 1. The van der Waals surface area contributed by atoms with E-state index in [-0.39, 0.29) is 11.9 Å². The zero-order valence-corrected chi connectivity index (χ0v) is 22.5. The van der Waals surface area contributed by atoms with Gasteiger partial charge >= 0.3 is 6.09 Å². The Hall–Kier alpha value is -4.43. The number of carbonyl (C=O) groups excluding carboxylic acids is 2. The van der Waals surface area contributed by atoms with Crippen molar-refractivity contribution in [2.24, 2.45) is 5.73 Å². The van der Waals surface area contributed by atoms with Crippen LogP contribution < -0.4 is 11.1 Å². The first-order valence-corrected chi connectivity index (χ1v) is 13.8. The Morgan fingerprint density at radius 1 is 1.12 bits per heavy atom. The van der Waals surface area contributed by atoms with Gasteiger partial charge in [0.15, 0.2) is 0 Å². The van der Waals surface area contributed by atoms with E-state index < -0.39 is 6.09 Å². The Bertz CT molecular complexity index is 1530. The van der Waals surface area contributed by atoms with Crippen LogP contribution in [0.5, 0.6) is 0 Å². The van der Waals surface area contributed by atoms with E-state index in [0.29, 0.717) is 31.1 Å². The molecule has 2 aliphatic rings. The summed E-state index contributed by atoms with van der Waals surface area (Å²) >= 11 is 0. The standard InChI is InChI=1S/C32H33N5O3/c1-40-32(39)35-24-12-9-21(10-13-24)27-19-34-30(36-27)28(17-20-5-3-2-4-6-20)37-16-15-25-26(31(37)38)14-11-23(18-33)29(25)22-7-8-22/h2-6,9-14,19,22,28H,7-8,15-18,33H2,1H3,(H,34,36)(H,35,39). The molecule has 1 saturated carbocycles. The van der Waals surface area contributed by atoms with Crippen LogP contribution in [0, 0.1) is 0 Å². The van der Waals surface area contributed by atoms with Crippen molar-refractivity contribution < 1.29 is 14.3 Å². The van der Waals surface area contributed by atoms with Crippen molar-refractivity contribution in [3.05, 3.63) is 107 Å². The second-order valence-electron chi connectivity index (χ2n) is 10.5. The molecule has 0 saturated heterocycles. The Morgan fingerprint density at radius 2 is 1.90 bits per heavy atom. The number of nitrogens with zero attached hydrogens (tertiary/aromatic N) is 2. The van der Waals surface area contributed by atoms with Gasteiger partial charge in [-0.05, 0) is 71.2 Å². The van der Waals surface area contributed by atoms with Gasteiger partial charge in [-0.15, -0.1) is 0 Å². The Labute approximate surface area is 233 Å². The maximum Gasteiger partial charge on any atom is 0.411 e. The Balaban J connectivity index is 1.31. The molecule has 2 amide bonds. The molecule has 1 fully saturated rings. The average Bonchev–Trinajstić information content (AvgIpc) is 3.72. The van der Waals surface area contributed by atoms with Gasteiger partial charge in [-0.3, -0.25) is 10.1 Å². The van der Waals surface area contributed by atoms with E-state index in [4.69, 9.17) is 10.7 Å². The number of methoxy groups -OCH3 is 1. The molecule has 0 radical (unpaired) electrons. The molecule has 1 aromatic heterocycles. The van der Waals surface area contributed by atoms with Gasteiger partial charge in [0.05, 0.1) is 25.0 Å². The zero-order valence-electron chi connectivity index (χ0n) is 22.5.